The molecule has 2 aliphatic rings. The molecule has 1 amide bonds. The highest BCUT2D eigenvalue weighted by atomic mass is 32.1. The third-order valence-corrected chi connectivity index (χ3v) is 6.97. The van der Waals surface area contributed by atoms with E-state index in [1.165, 1.54) is 17.8 Å². The minimum absolute atomic E-state index is 0.301. The van der Waals surface area contributed by atoms with E-state index in [1.807, 2.05) is 0 Å². The van der Waals surface area contributed by atoms with Gasteiger partial charge in [-0.1, -0.05) is 26.7 Å². The lowest BCUT2D eigenvalue weighted by molar-refractivity contribution is -0.132. The van der Waals surface area contributed by atoms with E-state index in [4.69, 9.17) is 9.98 Å². The number of aromatic nitrogens is 1. The van der Waals surface area contributed by atoms with Crippen molar-refractivity contribution in [2.75, 3.05) is 52.4 Å². The average molecular weight is 435 g/mol. The van der Waals surface area contributed by atoms with Crippen LogP contribution in [0.5, 0.6) is 0 Å². The lowest BCUT2D eigenvalue weighted by Crippen LogP contribution is -2.54. The number of aliphatic imine (C=N–C) groups is 1. The van der Waals surface area contributed by atoms with Gasteiger partial charge in [0.2, 0.25) is 5.91 Å². The van der Waals surface area contributed by atoms with Crippen molar-refractivity contribution in [1.29, 1.82) is 0 Å². The number of amides is 1. The van der Waals surface area contributed by atoms with Gasteiger partial charge in [0.15, 0.2) is 5.96 Å². The Bertz CT molecular complexity index is 688. The summed E-state index contributed by atoms with van der Waals surface area (Å²) in [5.74, 6) is 1.72. The summed E-state index contributed by atoms with van der Waals surface area (Å²) in [6, 6.07) is 0. The van der Waals surface area contributed by atoms with Gasteiger partial charge in [-0.2, -0.15) is 0 Å². The molecule has 3 rings (SSSR count). The normalized spacial score (nSPS) is 19.3. The summed E-state index contributed by atoms with van der Waals surface area (Å²) < 4.78 is 0. The number of thiazole rings is 1. The van der Waals surface area contributed by atoms with Gasteiger partial charge in [-0.3, -0.25) is 9.69 Å². The van der Waals surface area contributed by atoms with Crippen molar-refractivity contribution in [3.05, 3.63) is 16.1 Å². The Hall–Kier alpha value is -1.67. The van der Waals surface area contributed by atoms with Crippen LogP contribution in [0.4, 0.5) is 0 Å². The molecule has 8 heteroatoms. The van der Waals surface area contributed by atoms with Crippen molar-refractivity contribution < 1.29 is 4.79 Å². The summed E-state index contributed by atoms with van der Waals surface area (Å²) in [5.41, 5.74) is 1.04. The number of carbonyl (C=O) groups is 1. The summed E-state index contributed by atoms with van der Waals surface area (Å²) >= 11 is 1.72. The summed E-state index contributed by atoms with van der Waals surface area (Å²) in [7, 11) is 0. The molecule has 0 atom stereocenters. The molecule has 0 radical (unpaired) electrons. The maximum Gasteiger partial charge on any atom is 0.236 e. The number of carbonyl (C=O) groups excluding carboxylic acids is 1. The third-order valence-electron chi connectivity index (χ3n) is 5.78. The zero-order valence-corrected chi connectivity index (χ0v) is 19.7. The van der Waals surface area contributed by atoms with Crippen molar-refractivity contribution in [3.63, 3.8) is 0 Å². The molecular formula is C22H38N6OS. The Labute approximate surface area is 185 Å². The highest BCUT2D eigenvalue weighted by Crippen LogP contribution is 2.19. The van der Waals surface area contributed by atoms with Crippen LogP contribution < -0.4 is 5.32 Å². The van der Waals surface area contributed by atoms with Crippen LogP contribution in [0, 0.1) is 0 Å². The predicted octanol–water partition coefficient (Wildman–Crippen LogP) is 2.75. The number of rotatable bonds is 6. The molecule has 30 heavy (non-hydrogen) atoms. The topological polar surface area (TPSA) is 64.1 Å². The lowest BCUT2D eigenvalue weighted by atomic mass is 10.2. The second-order valence-corrected chi connectivity index (χ2v) is 9.45. The van der Waals surface area contributed by atoms with Crippen LogP contribution in [0.1, 0.15) is 63.1 Å². The van der Waals surface area contributed by atoms with E-state index in [0.717, 1.165) is 70.3 Å². The van der Waals surface area contributed by atoms with E-state index in [9.17, 15) is 4.79 Å². The van der Waals surface area contributed by atoms with E-state index in [1.54, 1.807) is 11.3 Å². The van der Waals surface area contributed by atoms with E-state index in [-0.39, 0.29) is 0 Å². The molecule has 0 aliphatic carbocycles. The van der Waals surface area contributed by atoms with Crippen LogP contribution in [-0.4, -0.2) is 83.9 Å². The molecule has 0 aromatic carbocycles. The Balaban J connectivity index is 1.49. The van der Waals surface area contributed by atoms with E-state index in [0.29, 0.717) is 24.9 Å². The zero-order valence-electron chi connectivity index (χ0n) is 18.9. The van der Waals surface area contributed by atoms with E-state index < -0.39 is 0 Å². The molecule has 1 aromatic heterocycles. The second-order valence-electron chi connectivity index (χ2n) is 8.56. The van der Waals surface area contributed by atoms with Gasteiger partial charge in [0.05, 0.1) is 23.8 Å². The molecule has 1 N–H and O–H groups in total. The average Bonchev–Trinajstić information content (AvgIpc) is 3.05. The van der Waals surface area contributed by atoms with Gasteiger partial charge < -0.3 is 15.1 Å². The standard InChI is InChI=1S/C22H38N6OS/c1-4-23-22(24-15-19-17-30-21(25-19)18(2)3)28-13-11-26(12-14-28)16-20(29)27-9-7-5-6-8-10-27/h17-18H,4-16H2,1-3H3,(H,23,24). The minimum Gasteiger partial charge on any atom is -0.357 e. The van der Waals surface area contributed by atoms with Gasteiger partial charge in [-0.05, 0) is 19.8 Å². The highest BCUT2D eigenvalue weighted by Gasteiger charge is 2.23. The summed E-state index contributed by atoms with van der Waals surface area (Å²) in [6.45, 7) is 13.9. The number of hydrogen-bond donors (Lipinski definition) is 1. The number of likely N-dealkylation sites (tertiary alicyclic amines) is 1. The molecule has 3 heterocycles. The molecule has 1 aromatic rings. The van der Waals surface area contributed by atoms with Crippen LogP contribution in [0.3, 0.4) is 0 Å². The predicted molar refractivity (Wildman–Crippen MR) is 124 cm³/mol. The fourth-order valence-corrected chi connectivity index (χ4v) is 4.80. The fraction of sp³-hybridized carbons (Fsp3) is 0.773. The quantitative estimate of drug-likeness (QED) is 0.551. The molecule has 2 aliphatic heterocycles. The van der Waals surface area contributed by atoms with Crippen LogP contribution in [-0.2, 0) is 11.3 Å². The minimum atomic E-state index is 0.301. The van der Waals surface area contributed by atoms with E-state index in [2.05, 4.69) is 46.2 Å². The van der Waals surface area contributed by atoms with Crippen molar-refractivity contribution in [2.45, 2.75) is 58.9 Å². The first-order valence-electron chi connectivity index (χ1n) is 11.5. The number of nitrogens with zero attached hydrogens (tertiary/aromatic N) is 5. The maximum atomic E-state index is 12.7. The van der Waals surface area contributed by atoms with Crippen LogP contribution in [0.15, 0.2) is 10.4 Å². The molecule has 7 nitrogen and oxygen atoms in total. The van der Waals surface area contributed by atoms with Gasteiger partial charge in [-0.15, -0.1) is 11.3 Å². The SMILES string of the molecule is CCNC(=NCc1csc(C(C)C)n1)N1CCN(CC(=O)N2CCCCCC2)CC1. The van der Waals surface area contributed by atoms with Gasteiger partial charge >= 0.3 is 0 Å². The number of guanidine groups is 1. The van der Waals surface area contributed by atoms with Crippen molar-refractivity contribution in [2.24, 2.45) is 4.99 Å². The molecule has 0 unspecified atom stereocenters. The van der Waals surface area contributed by atoms with Gasteiger partial charge in [-0.25, -0.2) is 9.98 Å². The molecule has 168 valence electrons. The Morgan fingerprint density at radius 2 is 1.80 bits per heavy atom. The monoisotopic (exact) mass is 434 g/mol. The summed E-state index contributed by atoms with van der Waals surface area (Å²) in [6.07, 6.45) is 4.82. The third kappa shape index (κ3) is 6.67. The van der Waals surface area contributed by atoms with Crippen molar-refractivity contribution >= 4 is 23.2 Å². The molecule has 0 bridgehead atoms. The second kappa shape index (κ2) is 11.6. The van der Waals surface area contributed by atoms with Crippen LogP contribution in [0.2, 0.25) is 0 Å². The molecule has 0 spiro atoms. The van der Waals surface area contributed by atoms with Crippen LogP contribution >= 0.6 is 11.3 Å². The zero-order chi connectivity index (χ0) is 21.3. The van der Waals surface area contributed by atoms with Gasteiger partial charge in [0, 0.05) is 57.1 Å². The van der Waals surface area contributed by atoms with Crippen molar-refractivity contribution in [1.82, 2.24) is 25.0 Å². The molecule has 2 fully saturated rings. The lowest BCUT2D eigenvalue weighted by Gasteiger charge is -2.37. The van der Waals surface area contributed by atoms with Crippen molar-refractivity contribution in [3.8, 4) is 0 Å². The van der Waals surface area contributed by atoms with Gasteiger partial charge in [0.25, 0.3) is 0 Å². The first-order chi connectivity index (χ1) is 14.6. The first kappa shape index (κ1) is 23.0. The fourth-order valence-electron chi connectivity index (χ4n) is 3.97. The summed E-state index contributed by atoms with van der Waals surface area (Å²) in [4.78, 5) is 28.9. The van der Waals surface area contributed by atoms with E-state index >= 15 is 0 Å². The molecule has 2 saturated heterocycles. The van der Waals surface area contributed by atoms with Gasteiger partial charge in [0.1, 0.15) is 0 Å². The maximum absolute atomic E-state index is 12.7. The number of nitrogens with one attached hydrogen (secondary N) is 1. The Morgan fingerprint density at radius 3 is 2.40 bits per heavy atom. The highest BCUT2D eigenvalue weighted by molar-refractivity contribution is 7.09. The largest absolute Gasteiger partial charge is 0.357 e. The number of hydrogen-bond acceptors (Lipinski definition) is 5. The smallest absolute Gasteiger partial charge is 0.236 e. The number of piperazine rings is 1. The van der Waals surface area contributed by atoms with Crippen LogP contribution in [0.25, 0.3) is 0 Å². The molecule has 0 saturated carbocycles. The Morgan fingerprint density at radius 1 is 1.10 bits per heavy atom. The molecular weight excluding hydrogens is 396 g/mol. The first-order valence-corrected chi connectivity index (χ1v) is 12.4. The summed E-state index contributed by atoms with van der Waals surface area (Å²) in [5, 5.41) is 6.72. The Kier molecular flexibility index (Phi) is 8.93.